The van der Waals surface area contributed by atoms with Gasteiger partial charge in [-0.1, -0.05) is 31.2 Å². The Morgan fingerprint density at radius 1 is 1.00 bits per heavy atom. The molecule has 0 spiro atoms. The minimum absolute atomic E-state index is 0.273. The van der Waals surface area contributed by atoms with Crippen molar-refractivity contribution in [2.75, 3.05) is 0 Å². The number of aromatic amines is 1. The summed E-state index contributed by atoms with van der Waals surface area (Å²) in [4.78, 5) is 4.71. The standard InChI is InChI=1S/C22H26N6/c1-13(2)10-16-6-7-17(11-15(16)5)21-23-22(26-25-21)18-8-9-20-19(12-18)24-27-28(20)14(3)4/h6-9,11-14H,10H2,1-5H3,(H,23,25,26). The monoisotopic (exact) mass is 374 g/mol. The fourth-order valence-corrected chi connectivity index (χ4v) is 3.49. The second kappa shape index (κ2) is 7.19. The van der Waals surface area contributed by atoms with Gasteiger partial charge in [-0.15, -0.1) is 5.10 Å². The first-order valence-corrected chi connectivity index (χ1v) is 9.80. The van der Waals surface area contributed by atoms with Crippen LogP contribution >= 0.6 is 0 Å². The summed E-state index contributed by atoms with van der Waals surface area (Å²) in [6.45, 7) is 10.8. The van der Waals surface area contributed by atoms with Crippen LogP contribution in [0.2, 0.25) is 0 Å². The second-order valence-corrected chi connectivity index (χ2v) is 8.08. The maximum absolute atomic E-state index is 4.71. The molecule has 2 aromatic carbocycles. The number of aryl methyl sites for hydroxylation is 1. The van der Waals surface area contributed by atoms with Gasteiger partial charge in [0.25, 0.3) is 0 Å². The molecule has 0 unspecified atom stereocenters. The predicted octanol–water partition coefficient (Wildman–Crippen LogP) is 4.97. The Balaban J connectivity index is 1.64. The second-order valence-electron chi connectivity index (χ2n) is 8.08. The van der Waals surface area contributed by atoms with Gasteiger partial charge in [0.05, 0.1) is 5.52 Å². The quantitative estimate of drug-likeness (QED) is 0.535. The van der Waals surface area contributed by atoms with Crippen molar-refractivity contribution in [2.45, 2.75) is 47.1 Å². The molecular weight excluding hydrogens is 348 g/mol. The van der Waals surface area contributed by atoms with Crippen LogP contribution in [0.4, 0.5) is 0 Å². The summed E-state index contributed by atoms with van der Waals surface area (Å²) >= 11 is 0. The number of nitrogens with zero attached hydrogens (tertiary/aromatic N) is 5. The Morgan fingerprint density at radius 3 is 2.50 bits per heavy atom. The van der Waals surface area contributed by atoms with Crippen molar-refractivity contribution in [3.8, 4) is 22.8 Å². The number of rotatable bonds is 5. The van der Waals surface area contributed by atoms with Crippen molar-refractivity contribution in [1.82, 2.24) is 30.2 Å². The molecule has 0 saturated heterocycles. The van der Waals surface area contributed by atoms with Crippen LogP contribution in [0.1, 0.15) is 44.9 Å². The van der Waals surface area contributed by atoms with Gasteiger partial charge in [-0.2, -0.15) is 5.10 Å². The van der Waals surface area contributed by atoms with Gasteiger partial charge in [0, 0.05) is 17.2 Å². The number of H-pyrrole nitrogens is 1. The molecule has 0 aliphatic carbocycles. The van der Waals surface area contributed by atoms with Gasteiger partial charge in [0.15, 0.2) is 11.6 Å². The van der Waals surface area contributed by atoms with Crippen LogP contribution in [0.3, 0.4) is 0 Å². The summed E-state index contributed by atoms with van der Waals surface area (Å²) in [7, 11) is 0. The lowest BCUT2D eigenvalue weighted by molar-refractivity contribution is 0.530. The van der Waals surface area contributed by atoms with Gasteiger partial charge in [0.2, 0.25) is 0 Å². The van der Waals surface area contributed by atoms with E-state index in [9.17, 15) is 0 Å². The Bertz CT molecular complexity index is 1120. The highest BCUT2D eigenvalue weighted by molar-refractivity contribution is 5.80. The molecule has 28 heavy (non-hydrogen) atoms. The molecule has 4 rings (SSSR count). The van der Waals surface area contributed by atoms with Gasteiger partial charge in [-0.05, 0) is 68.5 Å². The summed E-state index contributed by atoms with van der Waals surface area (Å²) in [5.41, 5.74) is 6.53. The highest BCUT2D eigenvalue weighted by Crippen LogP contribution is 2.25. The minimum Gasteiger partial charge on any atom is -0.259 e. The lowest BCUT2D eigenvalue weighted by atomic mass is 9.97. The lowest BCUT2D eigenvalue weighted by Crippen LogP contribution is -2.02. The zero-order valence-electron chi connectivity index (χ0n) is 17.1. The largest absolute Gasteiger partial charge is 0.259 e. The zero-order valence-corrected chi connectivity index (χ0v) is 17.1. The lowest BCUT2D eigenvalue weighted by Gasteiger charge is -2.09. The van der Waals surface area contributed by atoms with Crippen molar-refractivity contribution in [3.05, 3.63) is 47.5 Å². The molecule has 4 aromatic rings. The molecule has 0 aliphatic heterocycles. The highest BCUT2D eigenvalue weighted by atomic mass is 15.4. The topological polar surface area (TPSA) is 72.3 Å². The normalized spacial score (nSPS) is 11.8. The summed E-state index contributed by atoms with van der Waals surface area (Å²) in [5.74, 6) is 2.09. The van der Waals surface area contributed by atoms with E-state index in [0.717, 1.165) is 34.4 Å². The molecule has 0 aliphatic rings. The SMILES string of the molecule is Cc1cc(-c2n[nH]c(-c3ccc4c(c3)nnn4C(C)C)n2)ccc1CC(C)C. The van der Waals surface area contributed by atoms with Crippen LogP contribution in [-0.2, 0) is 6.42 Å². The van der Waals surface area contributed by atoms with Gasteiger partial charge < -0.3 is 0 Å². The van der Waals surface area contributed by atoms with Crippen molar-refractivity contribution < 1.29 is 0 Å². The number of hydrogen-bond donors (Lipinski definition) is 1. The summed E-state index contributed by atoms with van der Waals surface area (Å²) < 4.78 is 1.92. The Kier molecular flexibility index (Phi) is 4.71. The zero-order chi connectivity index (χ0) is 19.8. The van der Waals surface area contributed by atoms with Crippen LogP contribution in [0.5, 0.6) is 0 Å². The van der Waals surface area contributed by atoms with Crippen LogP contribution in [0, 0.1) is 12.8 Å². The molecule has 0 radical (unpaired) electrons. The molecule has 0 saturated carbocycles. The average molecular weight is 374 g/mol. The fourth-order valence-electron chi connectivity index (χ4n) is 3.49. The maximum atomic E-state index is 4.71. The van der Waals surface area contributed by atoms with E-state index in [2.05, 4.69) is 73.3 Å². The van der Waals surface area contributed by atoms with Gasteiger partial charge in [0.1, 0.15) is 5.52 Å². The molecule has 2 heterocycles. The highest BCUT2D eigenvalue weighted by Gasteiger charge is 2.13. The Morgan fingerprint density at radius 2 is 1.79 bits per heavy atom. The first-order chi connectivity index (χ1) is 13.4. The van der Waals surface area contributed by atoms with E-state index in [-0.39, 0.29) is 6.04 Å². The molecule has 6 nitrogen and oxygen atoms in total. The van der Waals surface area contributed by atoms with Crippen molar-refractivity contribution in [2.24, 2.45) is 5.92 Å². The predicted molar refractivity (Wildman–Crippen MR) is 112 cm³/mol. The van der Waals surface area contributed by atoms with E-state index in [1.54, 1.807) is 0 Å². The molecule has 6 heteroatoms. The molecule has 1 N–H and O–H groups in total. The summed E-state index contributed by atoms with van der Waals surface area (Å²) in [6.07, 6.45) is 1.09. The molecule has 144 valence electrons. The van der Waals surface area contributed by atoms with E-state index in [1.807, 2.05) is 22.9 Å². The molecular formula is C22H26N6. The Labute approximate surface area is 165 Å². The first kappa shape index (κ1) is 18.3. The fraction of sp³-hybridized carbons (Fsp3) is 0.364. The summed E-state index contributed by atoms with van der Waals surface area (Å²) in [5, 5.41) is 16.0. The average Bonchev–Trinajstić information content (AvgIpc) is 3.29. The third-order valence-corrected chi connectivity index (χ3v) is 4.95. The third-order valence-electron chi connectivity index (χ3n) is 4.95. The van der Waals surface area contributed by atoms with E-state index in [0.29, 0.717) is 11.7 Å². The minimum atomic E-state index is 0.273. The molecule has 0 atom stereocenters. The van der Waals surface area contributed by atoms with Crippen LogP contribution in [-0.4, -0.2) is 30.2 Å². The number of hydrogen-bond acceptors (Lipinski definition) is 4. The van der Waals surface area contributed by atoms with E-state index >= 15 is 0 Å². The van der Waals surface area contributed by atoms with Crippen LogP contribution in [0.25, 0.3) is 33.8 Å². The summed E-state index contributed by atoms with van der Waals surface area (Å²) in [6, 6.07) is 12.8. The number of aromatic nitrogens is 6. The number of fused-ring (bicyclic) bond motifs is 1. The molecule has 0 amide bonds. The molecule has 0 bridgehead atoms. The smallest absolute Gasteiger partial charge is 0.181 e. The first-order valence-electron chi connectivity index (χ1n) is 9.80. The molecule has 0 fully saturated rings. The van der Waals surface area contributed by atoms with Crippen molar-refractivity contribution >= 4 is 11.0 Å². The maximum Gasteiger partial charge on any atom is 0.181 e. The van der Waals surface area contributed by atoms with Crippen molar-refractivity contribution in [3.63, 3.8) is 0 Å². The molecule has 2 aromatic heterocycles. The number of benzene rings is 2. The van der Waals surface area contributed by atoms with Gasteiger partial charge in [-0.3, -0.25) is 5.10 Å². The Hall–Kier alpha value is -3.02. The van der Waals surface area contributed by atoms with E-state index in [4.69, 9.17) is 4.98 Å². The van der Waals surface area contributed by atoms with Gasteiger partial charge >= 0.3 is 0 Å². The van der Waals surface area contributed by atoms with E-state index in [1.165, 1.54) is 11.1 Å². The third kappa shape index (κ3) is 3.42. The van der Waals surface area contributed by atoms with Gasteiger partial charge in [-0.25, -0.2) is 9.67 Å². The van der Waals surface area contributed by atoms with E-state index < -0.39 is 0 Å². The number of nitrogens with one attached hydrogen (secondary N) is 1. The van der Waals surface area contributed by atoms with Crippen molar-refractivity contribution in [1.29, 1.82) is 0 Å². The van der Waals surface area contributed by atoms with Crippen LogP contribution in [0.15, 0.2) is 36.4 Å². The van der Waals surface area contributed by atoms with Crippen LogP contribution < -0.4 is 0 Å².